The molecule has 0 saturated heterocycles. The largest absolute Gasteiger partial charge is 0.326 e. The van der Waals surface area contributed by atoms with Crippen LogP contribution in [0.15, 0.2) is 24.3 Å². The molecule has 3 atom stereocenters. The number of halogens is 1. The van der Waals surface area contributed by atoms with Gasteiger partial charge in [0.1, 0.15) is 5.82 Å². The first-order valence-corrected chi connectivity index (χ1v) is 7.12. The SMILES string of the molecule is CCC(N)C(c1ccccc1F)N(C)C(C)C(C)C. The first-order chi connectivity index (χ1) is 8.90. The lowest BCUT2D eigenvalue weighted by Gasteiger charge is -2.38. The first-order valence-electron chi connectivity index (χ1n) is 7.12. The van der Waals surface area contributed by atoms with E-state index in [1.165, 1.54) is 6.07 Å². The van der Waals surface area contributed by atoms with Crippen LogP contribution in [-0.2, 0) is 0 Å². The van der Waals surface area contributed by atoms with Gasteiger partial charge in [0, 0.05) is 17.6 Å². The van der Waals surface area contributed by atoms with Crippen molar-refractivity contribution in [3.05, 3.63) is 35.6 Å². The highest BCUT2D eigenvalue weighted by atomic mass is 19.1. The molecule has 108 valence electrons. The maximum atomic E-state index is 14.1. The van der Waals surface area contributed by atoms with Gasteiger partial charge in [0.15, 0.2) is 0 Å². The van der Waals surface area contributed by atoms with E-state index in [1.807, 2.05) is 26.1 Å². The highest BCUT2D eigenvalue weighted by Crippen LogP contribution is 2.29. The van der Waals surface area contributed by atoms with E-state index in [0.717, 1.165) is 6.42 Å². The van der Waals surface area contributed by atoms with Gasteiger partial charge >= 0.3 is 0 Å². The van der Waals surface area contributed by atoms with Gasteiger partial charge in [-0.1, -0.05) is 39.0 Å². The normalized spacial score (nSPS) is 16.7. The van der Waals surface area contributed by atoms with Gasteiger partial charge in [-0.3, -0.25) is 4.90 Å². The van der Waals surface area contributed by atoms with Crippen molar-refractivity contribution >= 4 is 0 Å². The molecule has 2 nitrogen and oxygen atoms in total. The lowest BCUT2D eigenvalue weighted by atomic mass is 9.93. The lowest BCUT2D eigenvalue weighted by molar-refractivity contribution is 0.125. The summed E-state index contributed by atoms with van der Waals surface area (Å²) in [5.74, 6) is 0.336. The molecule has 0 amide bonds. The lowest BCUT2D eigenvalue weighted by Crippen LogP contribution is -2.45. The number of nitrogens with zero attached hydrogens (tertiary/aromatic N) is 1. The number of benzene rings is 1. The van der Waals surface area contributed by atoms with Crippen LogP contribution >= 0.6 is 0 Å². The van der Waals surface area contributed by atoms with Gasteiger partial charge in [0.2, 0.25) is 0 Å². The van der Waals surface area contributed by atoms with Crippen LogP contribution in [0.5, 0.6) is 0 Å². The Morgan fingerprint density at radius 2 is 1.79 bits per heavy atom. The molecule has 0 saturated carbocycles. The Labute approximate surface area is 116 Å². The van der Waals surface area contributed by atoms with Crippen molar-refractivity contribution in [3.63, 3.8) is 0 Å². The van der Waals surface area contributed by atoms with Gasteiger partial charge in [-0.25, -0.2) is 4.39 Å². The first kappa shape index (κ1) is 16.1. The zero-order valence-electron chi connectivity index (χ0n) is 12.7. The molecule has 19 heavy (non-hydrogen) atoms. The fourth-order valence-corrected chi connectivity index (χ4v) is 2.41. The summed E-state index contributed by atoms with van der Waals surface area (Å²) < 4.78 is 14.1. The Morgan fingerprint density at radius 1 is 1.21 bits per heavy atom. The number of hydrogen-bond acceptors (Lipinski definition) is 2. The van der Waals surface area contributed by atoms with Crippen molar-refractivity contribution in [2.24, 2.45) is 11.7 Å². The average Bonchev–Trinajstić information content (AvgIpc) is 2.39. The zero-order valence-corrected chi connectivity index (χ0v) is 12.7. The third-order valence-electron chi connectivity index (χ3n) is 4.15. The molecule has 0 aliphatic carbocycles. The van der Waals surface area contributed by atoms with Gasteiger partial charge in [0.25, 0.3) is 0 Å². The summed E-state index contributed by atoms with van der Waals surface area (Å²) in [5, 5.41) is 0. The molecule has 0 bridgehead atoms. The average molecular weight is 266 g/mol. The molecule has 0 aliphatic rings. The molecule has 0 aromatic heterocycles. The maximum Gasteiger partial charge on any atom is 0.128 e. The molecule has 3 unspecified atom stereocenters. The minimum absolute atomic E-state index is 0.0666. The molecular weight excluding hydrogens is 239 g/mol. The van der Waals surface area contributed by atoms with Gasteiger partial charge in [0.05, 0.1) is 6.04 Å². The topological polar surface area (TPSA) is 29.3 Å². The van der Waals surface area contributed by atoms with Crippen molar-refractivity contribution in [2.45, 2.75) is 52.2 Å². The van der Waals surface area contributed by atoms with Crippen LogP contribution < -0.4 is 5.73 Å². The van der Waals surface area contributed by atoms with Crippen LogP contribution in [-0.4, -0.2) is 24.0 Å². The molecule has 0 aliphatic heterocycles. The smallest absolute Gasteiger partial charge is 0.128 e. The van der Waals surface area contributed by atoms with E-state index in [-0.39, 0.29) is 17.9 Å². The third-order valence-corrected chi connectivity index (χ3v) is 4.15. The fourth-order valence-electron chi connectivity index (χ4n) is 2.41. The highest BCUT2D eigenvalue weighted by molar-refractivity contribution is 5.23. The van der Waals surface area contributed by atoms with E-state index in [9.17, 15) is 4.39 Å². The summed E-state index contributed by atoms with van der Waals surface area (Å²) in [4.78, 5) is 2.21. The summed E-state index contributed by atoms with van der Waals surface area (Å²) >= 11 is 0. The van der Waals surface area contributed by atoms with Crippen LogP contribution in [0.4, 0.5) is 4.39 Å². The van der Waals surface area contributed by atoms with E-state index in [4.69, 9.17) is 5.73 Å². The van der Waals surface area contributed by atoms with Crippen LogP contribution in [0.3, 0.4) is 0 Å². The van der Waals surface area contributed by atoms with E-state index in [1.54, 1.807) is 6.07 Å². The Morgan fingerprint density at radius 3 is 2.26 bits per heavy atom. The van der Waals surface area contributed by atoms with Gasteiger partial charge in [-0.2, -0.15) is 0 Å². The van der Waals surface area contributed by atoms with E-state index in [0.29, 0.717) is 17.5 Å². The number of hydrogen-bond donors (Lipinski definition) is 1. The molecule has 1 aromatic rings. The fraction of sp³-hybridized carbons (Fsp3) is 0.625. The summed E-state index contributed by atoms with van der Waals surface area (Å²) in [6, 6.07) is 7.16. The Kier molecular flexibility index (Phi) is 5.95. The second-order valence-corrected chi connectivity index (χ2v) is 5.69. The molecule has 0 spiro atoms. The summed E-state index contributed by atoms with van der Waals surface area (Å²) in [7, 11) is 2.04. The van der Waals surface area contributed by atoms with Crippen molar-refractivity contribution < 1.29 is 4.39 Å². The van der Waals surface area contributed by atoms with Gasteiger partial charge in [-0.15, -0.1) is 0 Å². The molecule has 0 fully saturated rings. The molecule has 0 heterocycles. The summed E-state index contributed by atoms with van der Waals surface area (Å²) in [6.07, 6.45) is 0.828. The van der Waals surface area contributed by atoms with E-state index >= 15 is 0 Å². The predicted molar refractivity (Wildman–Crippen MR) is 79.5 cm³/mol. The van der Waals surface area contributed by atoms with E-state index < -0.39 is 0 Å². The minimum atomic E-state index is -0.167. The monoisotopic (exact) mass is 266 g/mol. The van der Waals surface area contributed by atoms with E-state index in [2.05, 4.69) is 25.7 Å². The molecule has 3 heteroatoms. The van der Waals surface area contributed by atoms with Crippen molar-refractivity contribution in [1.82, 2.24) is 4.90 Å². The van der Waals surface area contributed by atoms with Crippen molar-refractivity contribution in [3.8, 4) is 0 Å². The standard InChI is InChI=1S/C16H27FN2/c1-6-15(18)16(19(5)12(4)11(2)3)13-9-7-8-10-14(13)17/h7-12,15-16H,6,18H2,1-5H3. The molecule has 1 rings (SSSR count). The minimum Gasteiger partial charge on any atom is -0.326 e. The van der Waals surface area contributed by atoms with Crippen molar-refractivity contribution in [2.75, 3.05) is 7.05 Å². The number of rotatable bonds is 6. The summed E-state index contributed by atoms with van der Waals surface area (Å²) in [5.41, 5.74) is 6.95. The molecule has 0 radical (unpaired) electrons. The van der Waals surface area contributed by atoms with Crippen molar-refractivity contribution in [1.29, 1.82) is 0 Å². The molecule has 1 aromatic carbocycles. The quantitative estimate of drug-likeness (QED) is 0.852. The Bertz CT molecular complexity index is 392. The van der Waals surface area contributed by atoms with Crippen LogP contribution in [0, 0.1) is 11.7 Å². The predicted octanol–water partition coefficient (Wildman–Crippen LogP) is 3.58. The Hall–Kier alpha value is -0.930. The highest BCUT2D eigenvalue weighted by Gasteiger charge is 2.29. The van der Waals surface area contributed by atoms with Gasteiger partial charge in [-0.05, 0) is 32.4 Å². The second kappa shape index (κ2) is 7.01. The van der Waals surface area contributed by atoms with Gasteiger partial charge < -0.3 is 5.73 Å². The Balaban J connectivity index is 3.12. The van der Waals surface area contributed by atoms with Crippen LogP contribution in [0.2, 0.25) is 0 Å². The molecule has 2 N–H and O–H groups in total. The van der Waals surface area contributed by atoms with Crippen LogP contribution in [0.25, 0.3) is 0 Å². The maximum absolute atomic E-state index is 14.1. The van der Waals surface area contributed by atoms with Crippen LogP contribution in [0.1, 0.15) is 45.7 Å². The second-order valence-electron chi connectivity index (χ2n) is 5.69. The number of likely N-dealkylation sites (N-methyl/N-ethyl adjacent to an activating group) is 1. The third kappa shape index (κ3) is 3.77. The zero-order chi connectivity index (χ0) is 14.6. The molecular formula is C16H27FN2. The summed E-state index contributed by atoms with van der Waals surface area (Å²) in [6.45, 7) is 8.57. The number of nitrogens with two attached hydrogens (primary N) is 1.